The van der Waals surface area contributed by atoms with Gasteiger partial charge < -0.3 is 10.6 Å². The van der Waals surface area contributed by atoms with E-state index in [1.165, 1.54) is 0 Å². The molecular formula is C13H22N4. The number of rotatable bonds is 7. The van der Waals surface area contributed by atoms with Gasteiger partial charge in [-0.2, -0.15) is 0 Å². The number of nitrogens with two attached hydrogens (primary N) is 1. The van der Waals surface area contributed by atoms with Crippen molar-refractivity contribution in [2.24, 2.45) is 5.73 Å². The first-order valence-electron chi connectivity index (χ1n) is 6.06. The SMILES string of the molecule is CCC(CC(=N)N)N(C)CCc1ccccn1. The fraction of sp³-hybridized carbons (Fsp3) is 0.538. The van der Waals surface area contributed by atoms with Crippen LogP contribution in [0.15, 0.2) is 24.4 Å². The standard InChI is InChI=1S/C13H22N4/c1-3-12(10-13(14)15)17(2)9-7-11-6-4-5-8-16-11/h4-6,8,12H,3,7,9-10H2,1-2H3,(H3,14,15). The van der Waals surface area contributed by atoms with Gasteiger partial charge in [-0.05, 0) is 25.6 Å². The quantitative estimate of drug-likeness (QED) is 0.557. The first-order chi connectivity index (χ1) is 8.13. The van der Waals surface area contributed by atoms with Crippen LogP contribution in [0, 0.1) is 5.41 Å². The number of hydrogen-bond donors (Lipinski definition) is 2. The fourth-order valence-corrected chi connectivity index (χ4v) is 1.89. The predicted molar refractivity (Wildman–Crippen MR) is 71.2 cm³/mol. The second kappa shape index (κ2) is 7.01. The van der Waals surface area contributed by atoms with Crippen LogP contribution in [0.5, 0.6) is 0 Å². The number of nitrogens with zero attached hydrogens (tertiary/aromatic N) is 2. The molecule has 1 aromatic heterocycles. The van der Waals surface area contributed by atoms with E-state index in [1.54, 1.807) is 0 Å². The number of nitrogens with one attached hydrogen (secondary N) is 1. The topological polar surface area (TPSA) is 66.0 Å². The molecule has 17 heavy (non-hydrogen) atoms. The van der Waals surface area contributed by atoms with Crippen molar-refractivity contribution in [1.29, 1.82) is 5.41 Å². The lowest BCUT2D eigenvalue weighted by Crippen LogP contribution is -2.36. The first-order valence-corrected chi connectivity index (χ1v) is 6.06. The minimum atomic E-state index is 0.265. The van der Waals surface area contributed by atoms with Gasteiger partial charge in [0, 0.05) is 37.3 Å². The molecule has 0 aliphatic rings. The Kier molecular flexibility index (Phi) is 5.63. The second-order valence-electron chi connectivity index (χ2n) is 4.34. The van der Waals surface area contributed by atoms with Gasteiger partial charge in [0.2, 0.25) is 0 Å². The summed E-state index contributed by atoms with van der Waals surface area (Å²) in [7, 11) is 2.08. The van der Waals surface area contributed by atoms with Gasteiger partial charge in [-0.1, -0.05) is 13.0 Å². The van der Waals surface area contributed by atoms with Crippen molar-refractivity contribution < 1.29 is 0 Å². The summed E-state index contributed by atoms with van der Waals surface area (Å²) in [6, 6.07) is 6.34. The highest BCUT2D eigenvalue weighted by atomic mass is 15.1. The van der Waals surface area contributed by atoms with Crippen LogP contribution in [0.4, 0.5) is 0 Å². The molecule has 0 spiro atoms. The zero-order valence-corrected chi connectivity index (χ0v) is 10.7. The summed E-state index contributed by atoms with van der Waals surface area (Å²) >= 11 is 0. The van der Waals surface area contributed by atoms with E-state index in [0.717, 1.165) is 25.1 Å². The van der Waals surface area contributed by atoms with E-state index in [2.05, 4.69) is 23.9 Å². The van der Waals surface area contributed by atoms with Gasteiger partial charge in [0.1, 0.15) is 0 Å². The molecule has 1 unspecified atom stereocenters. The monoisotopic (exact) mass is 234 g/mol. The average molecular weight is 234 g/mol. The van der Waals surface area contributed by atoms with Gasteiger partial charge in [0.25, 0.3) is 0 Å². The van der Waals surface area contributed by atoms with E-state index in [1.807, 2.05) is 24.4 Å². The molecule has 0 aromatic carbocycles. The maximum atomic E-state index is 7.36. The van der Waals surface area contributed by atoms with Gasteiger partial charge >= 0.3 is 0 Å². The number of likely N-dealkylation sites (N-methyl/N-ethyl adjacent to an activating group) is 1. The Bertz CT molecular complexity index is 337. The number of aromatic nitrogens is 1. The Morgan fingerprint density at radius 1 is 1.53 bits per heavy atom. The van der Waals surface area contributed by atoms with Crippen molar-refractivity contribution in [2.75, 3.05) is 13.6 Å². The number of pyridine rings is 1. The zero-order chi connectivity index (χ0) is 12.7. The molecule has 4 nitrogen and oxygen atoms in total. The third kappa shape index (κ3) is 4.95. The average Bonchev–Trinajstić information content (AvgIpc) is 2.34. The van der Waals surface area contributed by atoms with Crippen molar-refractivity contribution in [3.05, 3.63) is 30.1 Å². The van der Waals surface area contributed by atoms with Crippen LogP contribution in [-0.4, -0.2) is 35.4 Å². The van der Waals surface area contributed by atoms with Crippen molar-refractivity contribution in [2.45, 2.75) is 32.2 Å². The molecule has 0 saturated heterocycles. The molecule has 1 rings (SSSR count). The van der Waals surface area contributed by atoms with Gasteiger partial charge in [0.15, 0.2) is 0 Å². The predicted octanol–water partition coefficient (Wildman–Crippen LogP) is 1.66. The van der Waals surface area contributed by atoms with Gasteiger partial charge in [-0.15, -0.1) is 0 Å². The molecule has 1 aromatic rings. The molecule has 0 fully saturated rings. The van der Waals surface area contributed by atoms with Crippen LogP contribution in [0.3, 0.4) is 0 Å². The smallest absolute Gasteiger partial charge is 0.0921 e. The molecule has 3 N–H and O–H groups in total. The Labute approximate surface area is 103 Å². The zero-order valence-electron chi connectivity index (χ0n) is 10.7. The largest absolute Gasteiger partial charge is 0.388 e. The summed E-state index contributed by atoms with van der Waals surface area (Å²) in [5.74, 6) is 0.265. The van der Waals surface area contributed by atoms with Crippen LogP contribution in [0.1, 0.15) is 25.5 Å². The maximum Gasteiger partial charge on any atom is 0.0921 e. The van der Waals surface area contributed by atoms with E-state index >= 15 is 0 Å². The second-order valence-corrected chi connectivity index (χ2v) is 4.34. The number of amidine groups is 1. The van der Waals surface area contributed by atoms with Crippen LogP contribution in [0.25, 0.3) is 0 Å². The van der Waals surface area contributed by atoms with Gasteiger partial charge in [-0.3, -0.25) is 10.4 Å². The van der Waals surface area contributed by atoms with Crippen molar-refractivity contribution >= 4 is 5.84 Å². The Balaban J connectivity index is 2.42. The molecule has 0 aliphatic heterocycles. The summed E-state index contributed by atoms with van der Waals surface area (Å²) in [5, 5.41) is 7.36. The molecule has 0 radical (unpaired) electrons. The highest BCUT2D eigenvalue weighted by Crippen LogP contribution is 2.07. The Hall–Kier alpha value is -1.42. The molecule has 4 heteroatoms. The van der Waals surface area contributed by atoms with E-state index in [9.17, 15) is 0 Å². The molecule has 1 atom stereocenters. The normalized spacial score (nSPS) is 12.6. The summed E-state index contributed by atoms with van der Waals surface area (Å²) in [6.45, 7) is 3.08. The van der Waals surface area contributed by atoms with Gasteiger partial charge in [-0.25, -0.2) is 0 Å². The first kappa shape index (κ1) is 13.6. The molecule has 0 aliphatic carbocycles. The van der Waals surface area contributed by atoms with Crippen LogP contribution < -0.4 is 5.73 Å². The third-order valence-corrected chi connectivity index (χ3v) is 3.00. The van der Waals surface area contributed by atoms with Crippen molar-refractivity contribution in [1.82, 2.24) is 9.88 Å². The van der Waals surface area contributed by atoms with E-state index in [4.69, 9.17) is 11.1 Å². The maximum absolute atomic E-state index is 7.36. The van der Waals surface area contributed by atoms with Crippen LogP contribution >= 0.6 is 0 Å². The fourth-order valence-electron chi connectivity index (χ4n) is 1.89. The molecular weight excluding hydrogens is 212 g/mol. The molecule has 0 amide bonds. The molecule has 1 heterocycles. The van der Waals surface area contributed by atoms with E-state index in [0.29, 0.717) is 12.5 Å². The summed E-state index contributed by atoms with van der Waals surface area (Å²) < 4.78 is 0. The van der Waals surface area contributed by atoms with E-state index in [-0.39, 0.29) is 5.84 Å². The lowest BCUT2D eigenvalue weighted by Gasteiger charge is -2.26. The summed E-state index contributed by atoms with van der Waals surface area (Å²) in [6.07, 6.45) is 4.42. The lowest BCUT2D eigenvalue weighted by molar-refractivity contribution is 0.242. The van der Waals surface area contributed by atoms with Crippen LogP contribution in [-0.2, 0) is 6.42 Å². The summed E-state index contributed by atoms with van der Waals surface area (Å²) in [5.41, 5.74) is 6.57. The minimum Gasteiger partial charge on any atom is -0.388 e. The lowest BCUT2D eigenvalue weighted by atomic mass is 10.1. The molecule has 0 saturated carbocycles. The highest BCUT2D eigenvalue weighted by Gasteiger charge is 2.13. The minimum absolute atomic E-state index is 0.265. The Morgan fingerprint density at radius 3 is 2.82 bits per heavy atom. The van der Waals surface area contributed by atoms with E-state index < -0.39 is 0 Å². The summed E-state index contributed by atoms with van der Waals surface area (Å²) in [4.78, 5) is 6.56. The van der Waals surface area contributed by atoms with Crippen molar-refractivity contribution in [3.8, 4) is 0 Å². The van der Waals surface area contributed by atoms with Crippen LogP contribution in [0.2, 0.25) is 0 Å². The highest BCUT2D eigenvalue weighted by molar-refractivity contribution is 5.77. The molecule has 0 bridgehead atoms. The Morgan fingerprint density at radius 2 is 2.29 bits per heavy atom. The number of hydrogen-bond acceptors (Lipinski definition) is 3. The van der Waals surface area contributed by atoms with Crippen molar-refractivity contribution in [3.63, 3.8) is 0 Å². The molecule has 94 valence electrons. The van der Waals surface area contributed by atoms with Gasteiger partial charge in [0.05, 0.1) is 5.84 Å². The third-order valence-electron chi connectivity index (χ3n) is 3.00.